The summed E-state index contributed by atoms with van der Waals surface area (Å²) in [5.41, 5.74) is 2.10. The van der Waals surface area contributed by atoms with Gasteiger partial charge >= 0.3 is 5.97 Å². The predicted molar refractivity (Wildman–Crippen MR) is 78.9 cm³/mol. The Balaban J connectivity index is 3.08. The zero-order valence-corrected chi connectivity index (χ0v) is 12.9. The summed E-state index contributed by atoms with van der Waals surface area (Å²) in [5, 5.41) is 3.44. The predicted octanol–water partition coefficient (Wildman–Crippen LogP) is 3.32. The van der Waals surface area contributed by atoms with E-state index in [-0.39, 0.29) is 11.8 Å². The molecule has 104 valence electrons. The zero-order chi connectivity index (χ0) is 14.4. The first-order chi connectivity index (χ1) is 8.99. The molecular formula is C14H18BrNO3. The molecule has 0 aliphatic carbocycles. The lowest BCUT2D eigenvalue weighted by molar-refractivity contribution is -0.115. The Kier molecular flexibility index (Phi) is 6.02. The van der Waals surface area contributed by atoms with Gasteiger partial charge in [0.1, 0.15) is 0 Å². The number of nitrogens with one attached hydrogen (secondary N) is 1. The number of esters is 1. The molecule has 1 rings (SSSR count). The third kappa shape index (κ3) is 4.35. The molecule has 0 radical (unpaired) electrons. The van der Waals surface area contributed by atoms with Crippen LogP contribution in [-0.2, 0) is 9.53 Å². The summed E-state index contributed by atoms with van der Waals surface area (Å²) in [6.45, 7) is 4.07. The summed E-state index contributed by atoms with van der Waals surface area (Å²) in [6, 6.07) is 5.22. The number of rotatable bonds is 5. The number of carbonyl (C=O) groups is 2. The van der Waals surface area contributed by atoms with Crippen molar-refractivity contribution in [3.8, 4) is 0 Å². The van der Waals surface area contributed by atoms with Crippen LogP contribution in [0, 0.1) is 0 Å². The van der Waals surface area contributed by atoms with Crippen molar-refractivity contribution in [2.24, 2.45) is 0 Å². The van der Waals surface area contributed by atoms with E-state index in [4.69, 9.17) is 0 Å². The van der Waals surface area contributed by atoms with Gasteiger partial charge in [0.05, 0.1) is 12.7 Å². The molecule has 19 heavy (non-hydrogen) atoms. The summed E-state index contributed by atoms with van der Waals surface area (Å²) in [4.78, 5) is 23.2. The van der Waals surface area contributed by atoms with E-state index >= 15 is 0 Å². The minimum absolute atomic E-state index is 0.0826. The lowest BCUT2D eigenvalue weighted by Crippen LogP contribution is -2.14. The number of carbonyl (C=O) groups excluding carboxylic acids is 2. The quantitative estimate of drug-likeness (QED) is 0.666. The van der Waals surface area contributed by atoms with Crippen molar-refractivity contribution in [2.75, 3.05) is 17.8 Å². The highest BCUT2D eigenvalue weighted by atomic mass is 79.9. The lowest BCUT2D eigenvalue weighted by Gasteiger charge is -2.15. The van der Waals surface area contributed by atoms with Gasteiger partial charge in [-0.05, 0) is 23.6 Å². The molecule has 0 aliphatic rings. The smallest absolute Gasteiger partial charge is 0.337 e. The molecule has 5 heteroatoms. The second kappa shape index (κ2) is 7.28. The standard InChI is InChI=1S/C14H18BrNO3/c1-9(2)11-5-4-10(14(18)19-3)8-12(11)16-13(17)6-7-15/h4-5,8-9H,6-7H2,1-3H3,(H,16,17). The normalized spacial score (nSPS) is 10.4. The van der Waals surface area contributed by atoms with E-state index in [0.717, 1.165) is 5.56 Å². The Bertz CT molecular complexity index is 472. The van der Waals surface area contributed by atoms with E-state index in [9.17, 15) is 9.59 Å². The number of anilines is 1. The average Bonchev–Trinajstić information content (AvgIpc) is 2.37. The Hall–Kier alpha value is -1.36. The molecule has 0 aromatic heterocycles. The fraction of sp³-hybridized carbons (Fsp3) is 0.429. The topological polar surface area (TPSA) is 55.4 Å². The second-order valence-electron chi connectivity index (χ2n) is 4.44. The molecule has 4 nitrogen and oxygen atoms in total. The third-order valence-electron chi connectivity index (χ3n) is 2.69. The molecule has 0 bridgehead atoms. The van der Waals surface area contributed by atoms with Crippen LogP contribution in [0.4, 0.5) is 5.69 Å². The Morgan fingerprint density at radius 2 is 2.05 bits per heavy atom. The Labute approximate surface area is 121 Å². The van der Waals surface area contributed by atoms with Gasteiger partial charge in [0, 0.05) is 17.4 Å². The highest BCUT2D eigenvalue weighted by Crippen LogP contribution is 2.26. The van der Waals surface area contributed by atoms with Gasteiger partial charge < -0.3 is 10.1 Å². The molecule has 0 spiro atoms. The molecular weight excluding hydrogens is 310 g/mol. The Morgan fingerprint density at radius 3 is 2.58 bits per heavy atom. The van der Waals surface area contributed by atoms with E-state index in [2.05, 4.69) is 26.0 Å². The lowest BCUT2D eigenvalue weighted by atomic mass is 9.99. The van der Waals surface area contributed by atoms with Gasteiger partial charge in [-0.15, -0.1) is 0 Å². The van der Waals surface area contributed by atoms with Crippen molar-refractivity contribution >= 4 is 33.5 Å². The highest BCUT2D eigenvalue weighted by molar-refractivity contribution is 9.09. The van der Waals surface area contributed by atoms with Crippen LogP contribution in [0.3, 0.4) is 0 Å². The van der Waals surface area contributed by atoms with Gasteiger partial charge in [-0.1, -0.05) is 35.8 Å². The SMILES string of the molecule is COC(=O)c1ccc(C(C)C)c(NC(=O)CCBr)c1. The molecule has 0 unspecified atom stereocenters. The van der Waals surface area contributed by atoms with Crippen LogP contribution >= 0.6 is 15.9 Å². The highest BCUT2D eigenvalue weighted by Gasteiger charge is 2.13. The molecule has 0 heterocycles. The first-order valence-corrected chi connectivity index (χ1v) is 7.19. The molecule has 0 saturated heterocycles. The maximum Gasteiger partial charge on any atom is 0.337 e. The van der Waals surface area contributed by atoms with E-state index < -0.39 is 5.97 Å². The van der Waals surface area contributed by atoms with E-state index in [0.29, 0.717) is 23.0 Å². The molecule has 1 aromatic carbocycles. The van der Waals surface area contributed by atoms with Crippen molar-refractivity contribution < 1.29 is 14.3 Å². The van der Waals surface area contributed by atoms with Crippen LogP contribution in [0.1, 0.15) is 42.1 Å². The fourth-order valence-electron chi connectivity index (χ4n) is 1.71. The zero-order valence-electron chi connectivity index (χ0n) is 11.3. The van der Waals surface area contributed by atoms with Crippen LogP contribution in [0.15, 0.2) is 18.2 Å². The van der Waals surface area contributed by atoms with Gasteiger partial charge in [-0.3, -0.25) is 4.79 Å². The monoisotopic (exact) mass is 327 g/mol. The number of benzene rings is 1. The summed E-state index contributed by atoms with van der Waals surface area (Å²) in [5.74, 6) is -0.238. The summed E-state index contributed by atoms with van der Waals surface area (Å²) < 4.78 is 4.68. The molecule has 0 fully saturated rings. The minimum Gasteiger partial charge on any atom is -0.465 e. The number of methoxy groups -OCH3 is 1. The van der Waals surface area contributed by atoms with Gasteiger partial charge in [0.15, 0.2) is 0 Å². The van der Waals surface area contributed by atoms with Crippen LogP contribution in [0.25, 0.3) is 0 Å². The summed E-state index contributed by atoms with van der Waals surface area (Å²) in [7, 11) is 1.34. The van der Waals surface area contributed by atoms with Crippen molar-refractivity contribution in [1.82, 2.24) is 0 Å². The van der Waals surface area contributed by atoms with Gasteiger partial charge in [-0.25, -0.2) is 4.79 Å². The fourth-order valence-corrected chi connectivity index (χ4v) is 2.07. The summed E-state index contributed by atoms with van der Waals surface area (Å²) >= 11 is 3.22. The molecule has 0 atom stereocenters. The minimum atomic E-state index is -0.411. The van der Waals surface area contributed by atoms with Gasteiger partial charge in [-0.2, -0.15) is 0 Å². The van der Waals surface area contributed by atoms with E-state index in [1.807, 2.05) is 19.9 Å². The van der Waals surface area contributed by atoms with Crippen molar-refractivity contribution in [3.63, 3.8) is 0 Å². The first kappa shape index (κ1) is 15.7. The van der Waals surface area contributed by atoms with Gasteiger partial charge in [0.25, 0.3) is 0 Å². The molecule has 0 aliphatic heterocycles. The van der Waals surface area contributed by atoms with Crippen LogP contribution in [0.2, 0.25) is 0 Å². The van der Waals surface area contributed by atoms with Gasteiger partial charge in [0.2, 0.25) is 5.91 Å². The molecule has 1 amide bonds. The number of alkyl halides is 1. The van der Waals surface area contributed by atoms with Crippen molar-refractivity contribution in [3.05, 3.63) is 29.3 Å². The van der Waals surface area contributed by atoms with Crippen molar-refractivity contribution in [1.29, 1.82) is 0 Å². The number of hydrogen-bond donors (Lipinski definition) is 1. The first-order valence-electron chi connectivity index (χ1n) is 6.07. The van der Waals surface area contributed by atoms with E-state index in [1.165, 1.54) is 7.11 Å². The second-order valence-corrected chi connectivity index (χ2v) is 5.23. The number of halogens is 1. The maximum atomic E-state index is 11.7. The third-order valence-corrected chi connectivity index (χ3v) is 3.09. The maximum absolute atomic E-state index is 11.7. The molecule has 0 saturated carbocycles. The Morgan fingerprint density at radius 1 is 1.37 bits per heavy atom. The average molecular weight is 328 g/mol. The largest absolute Gasteiger partial charge is 0.465 e. The number of ether oxygens (including phenoxy) is 1. The van der Waals surface area contributed by atoms with E-state index in [1.54, 1.807) is 12.1 Å². The van der Waals surface area contributed by atoms with Crippen LogP contribution in [-0.4, -0.2) is 24.3 Å². The van der Waals surface area contributed by atoms with Crippen LogP contribution in [0.5, 0.6) is 0 Å². The number of amides is 1. The summed E-state index contributed by atoms with van der Waals surface area (Å²) in [6.07, 6.45) is 0.389. The van der Waals surface area contributed by atoms with Crippen molar-refractivity contribution in [2.45, 2.75) is 26.2 Å². The van der Waals surface area contributed by atoms with Crippen LogP contribution < -0.4 is 5.32 Å². The number of hydrogen-bond acceptors (Lipinski definition) is 3. The molecule has 1 aromatic rings. The molecule has 1 N–H and O–H groups in total.